The van der Waals surface area contributed by atoms with Gasteiger partial charge in [-0.3, -0.25) is 0 Å². The molecule has 2 aliphatic rings. The van der Waals surface area contributed by atoms with Gasteiger partial charge in [-0.1, -0.05) is 0 Å². The van der Waals surface area contributed by atoms with Crippen LogP contribution in [0, 0.1) is 0 Å². The van der Waals surface area contributed by atoms with E-state index in [1.54, 1.807) is 0 Å². The highest BCUT2D eigenvalue weighted by Crippen LogP contribution is 2.31. The second kappa shape index (κ2) is 3.09. The van der Waals surface area contributed by atoms with Crippen molar-refractivity contribution in [3.63, 3.8) is 0 Å². The summed E-state index contributed by atoms with van der Waals surface area (Å²) in [7, 11) is 2.10. The zero-order valence-corrected chi connectivity index (χ0v) is 8.66. The fourth-order valence-corrected chi connectivity index (χ4v) is 2.38. The van der Waals surface area contributed by atoms with Gasteiger partial charge in [0, 0.05) is 18.8 Å². The molecule has 0 radical (unpaired) electrons. The maximum Gasteiger partial charge on any atom is 0.0949 e. The number of hydrogen-bond donors (Lipinski definition) is 1. The molecule has 14 heavy (non-hydrogen) atoms. The second-order valence-corrected chi connectivity index (χ2v) is 4.57. The first kappa shape index (κ1) is 8.48. The van der Waals surface area contributed by atoms with Crippen LogP contribution in [-0.2, 0) is 13.5 Å². The van der Waals surface area contributed by atoms with E-state index in [9.17, 15) is 0 Å². The Balaban J connectivity index is 1.86. The van der Waals surface area contributed by atoms with Crippen LogP contribution in [0.2, 0.25) is 0 Å². The third kappa shape index (κ3) is 1.36. The lowest BCUT2D eigenvalue weighted by molar-refractivity contribution is 0.443. The molecule has 1 atom stereocenters. The maximum absolute atomic E-state index is 4.52. The van der Waals surface area contributed by atoms with E-state index >= 15 is 0 Å². The van der Waals surface area contributed by atoms with Crippen LogP contribution in [0.15, 0.2) is 6.33 Å². The van der Waals surface area contributed by atoms with Crippen molar-refractivity contribution in [2.75, 3.05) is 0 Å². The SMILES string of the molecule is Cn1cnc2c1CCCC2NC1CC1. The third-order valence-corrected chi connectivity index (χ3v) is 3.34. The van der Waals surface area contributed by atoms with Crippen molar-refractivity contribution >= 4 is 0 Å². The van der Waals surface area contributed by atoms with Gasteiger partial charge in [0.05, 0.1) is 18.1 Å². The molecule has 0 bridgehead atoms. The zero-order valence-electron chi connectivity index (χ0n) is 8.66. The predicted octanol–water partition coefficient (Wildman–Crippen LogP) is 1.55. The Kier molecular flexibility index (Phi) is 1.87. The van der Waals surface area contributed by atoms with E-state index in [-0.39, 0.29) is 0 Å². The minimum atomic E-state index is 0.535. The largest absolute Gasteiger partial charge is 0.337 e. The quantitative estimate of drug-likeness (QED) is 0.768. The lowest BCUT2D eigenvalue weighted by Crippen LogP contribution is -2.27. The summed E-state index contributed by atoms with van der Waals surface area (Å²) in [5, 5.41) is 3.69. The number of hydrogen-bond acceptors (Lipinski definition) is 2. The summed E-state index contributed by atoms with van der Waals surface area (Å²) < 4.78 is 2.18. The summed E-state index contributed by atoms with van der Waals surface area (Å²) in [6.45, 7) is 0. The Labute approximate surface area is 84.5 Å². The van der Waals surface area contributed by atoms with Crippen LogP contribution in [0.25, 0.3) is 0 Å². The molecule has 0 amide bonds. The molecule has 1 saturated carbocycles. The van der Waals surface area contributed by atoms with Crippen molar-refractivity contribution in [2.45, 2.75) is 44.2 Å². The molecule has 3 rings (SSSR count). The van der Waals surface area contributed by atoms with E-state index < -0.39 is 0 Å². The predicted molar refractivity (Wildman–Crippen MR) is 55.0 cm³/mol. The Morgan fingerprint density at radius 2 is 2.29 bits per heavy atom. The molecule has 1 N–H and O–H groups in total. The van der Waals surface area contributed by atoms with Crippen molar-refractivity contribution in [3.05, 3.63) is 17.7 Å². The van der Waals surface area contributed by atoms with E-state index in [0.717, 1.165) is 6.04 Å². The molecule has 3 nitrogen and oxygen atoms in total. The summed E-state index contributed by atoms with van der Waals surface area (Å²) in [6, 6.07) is 1.32. The summed E-state index contributed by atoms with van der Waals surface area (Å²) in [5.41, 5.74) is 2.75. The molecule has 1 aromatic heterocycles. The fraction of sp³-hybridized carbons (Fsp3) is 0.727. The highest BCUT2D eigenvalue weighted by atomic mass is 15.1. The van der Waals surface area contributed by atoms with E-state index in [1.807, 2.05) is 6.33 Å². The molecule has 0 saturated heterocycles. The van der Waals surface area contributed by atoms with Crippen LogP contribution < -0.4 is 5.32 Å². The van der Waals surface area contributed by atoms with Crippen LogP contribution in [0.4, 0.5) is 0 Å². The first-order valence-electron chi connectivity index (χ1n) is 5.61. The molecule has 3 heteroatoms. The van der Waals surface area contributed by atoms with Crippen LogP contribution in [0.5, 0.6) is 0 Å². The minimum Gasteiger partial charge on any atom is -0.337 e. The average molecular weight is 191 g/mol. The van der Waals surface area contributed by atoms with E-state index in [0.29, 0.717) is 6.04 Å². The molecule has 1 fully saturated rings. The lowest BCUT2D eigenvalue weighted by Gasteiger charge is -2.23. The number of nitrogens with one attached hydrogen (secondary N) is 1. The van der Waals surface area contributed by atoms with Crippen LogP contribution >= 0.6 is 0 Å². The monoisotopic (exact) mass is 191 g/mol. The van der Waals surface area contributed by atoms with Gasteiger partial charge in [0.25, 0.3) is 0 Å². The first-order valence-corrected chi connectivity index (χ1v) is 5.61. The topological polar surface area (TPSA) is 29.9 Å². The van der Waals surface area contributed by atoms with Gasteiger partial charge in [0.2, 0.25) is 0 Å². The molecule has 0 aromatic carbocycles. The molecular weight excluding hydrogens is 174 g/mol. The first-order chi connectivity index (χ1) is 6.84. The molecule has 2 aliphatic carbocycles. The summed E-state index contributed by atoms with van der Waals surface area (Å²) in [5.74, 6) is 0. The molecule has 1 unspecified atom stereocenters. The molecular formula is C11H17N3. The molecule has 0 aliphatic heterocycles. The number of imidazole rings is 1. The van der Waals surface area contributed by atoms with Gasteiger partial charge in [-0.2, -0.15) is 0 Å². The normalized spacial score (nSPS) is 26.2. The Morgan fingerprint density at radius 3 is 3.07 bits per heavy atom. The van der Waals surface area contributed by atoms with Crippen molar-refractivity contribution < 1.29 is 0 Å². The number of rotatable bonds is 2. The van der Waals surface area contributed by atoms with Crippen molar-refractivity contribution in [2.24, 2.45) is 7.05 Å². The van der Waals surface area contributed by atoms with Crippen molar-refractivity contribution in [1.29, 1.82) is 0 Å². The molecule has 0 spiro atoms. The van der Waals surface area contributed by atoms with E-state index in [1.165, 1.54) is 43.5 Å². The standard InChI is InChI=1S/C11H17N3/c1-14-7-12-11-9(13-8-5-6-8)3-2-4-10(11)14/h7-9,13H,2-6H2,1H3. The van der Waals surface area contributed by atoms with E-state index in [4.69, 9.17) is 0 Å². The molecule has 1 heterocycles. The number of aromatic nitrogens is 2. The minimum absolute atomic E-state index is 0.535. The van der Waals surface area contributed by atoms with Gasteiger partial charge < -0.3 is 9.88 Å². The summed E-state index contributed by atoms with van der Waals surface area (Å²) in [4.78, 5) is 4.52. The Hall–Kier alpha value is -0.830. The smallest absolute Gasteiger partial charge is 0.0949 e. The van der Waals surface area contributed by atoms with Crippen LogP contribution in [0.3, 0.4) is 0 Å². The summed E-state index contributed by atoms with van der Waals surface area (Å²) >= 11 is 0. The number of aryl methyl sites for hydroxylation is 1. The average Bonchev–Trinajstić information content (AvgIpc) is 2.92. The van der Waals surface area contributed by atoms with Gasteiger partial charge in [0.1, 0.15) is 0 Å². The van der Waals surface area contributed by atoms with Gasteiger partial charge in [-0.25, -0.2) is 4.98 Å². The molecule has 76 valence electrons. The van der Waals surface area contributed by atoms with Crippen LogP contribution in [-0.4, -0.2) is 15.6 Å². The van der Waals surface area contributed by atoms with Crippen molar-refractivity contribution in [1.82, 2.24) is 14.9 Å². The second-order valence-electron chi connectivity index (χ2n) is 4.57. The Bertz CT molecular complexity index is 338. The third-order valence-electron chi connectivity index (χ3n) is 3.34. The van der Waals surface area contributed by atoms with Crippen LogP contribution in [0.1, 0.15) is 43.1 Å². The molecule has 1 aromatic rings. The number of nitrogens with zero attached hydrogens (tertiary/aromatic N) is 2. The van der Waals surface area contributed by atoms with Gasteiger partial charge in [-0.05, 0) is 32.1 Å². The highest BCUT2D eigenvalue weighted by molar-refractivity contribution is 5.20. The van der Waals surface area contributed by atoms with Gasteiger partial charge in [-0.15, -0.1) is 0 Å². The number of fused-ring (bicyclic) bond motifs is 1. The highest BCUT2D eigenvalue weighted by Gasteiger charge is 2.29. The summed E-state index contributed by atoms with van der Waals surface area (Å²) in [6.07, 6.45) is 8.45. The van der Waals surface area contributed by atoms with Gasteiger partial charge in [0.15, 0.2) is 0 Å². The fourth-order valence-electron chi connectivity index (χ4n) is 2.38. The van der Waals surface area contributed by atoms with Gasteiger partial charge >= 0.3 is 0 Å². The lowest BCUT2D eigenvalue weighted by atomic mass is 9.96. The van der Waals surface area contributed by atoms with Crippen molar-refractivity contribution in [3.8, 4) is 0 Å². The Morgan fingerprint density at radius 1 is 1.43 bits per heavy atom. The van der Waals surface area contributed by atoms with E-state index in [2.05, 4.69) is 21.9 Å². The maximum atomic E-state index is 4.52. The zero-order chi connectivity index (χ0) is 9.54.